The van der Waals surface area contributed by atoms with Gasteiger partial charge in [0.15, 0.2) is 36.8 Å². The Morgan fingerprint density at radius 1 is 0.514 bits per heavy atom. The minimum atomic E-state index is -3.41. The van der Waals surface area contributed by atoms with Crippen molar-refractivity contribution in [2.24, 2.45) is 0 Å². The van der Waals surface area contributed by atoms with Gasteiger partial charge in [-0.15, -0.1) is 0 Å². The highest BCUT2D eigenvalue weighted by atomic mass is 28.4. The summed E-state index contributed by atoms with van der Waals surface area (Å²) < 4.78 is 74.4. The number of aryl methyl sites for hydroxylation is 1. The van der Waals surface area contributed by atoms with Crippen LogP contribution < -0.4 is 19.8 Å². The Labute approximate surface area is 419 Å². The second-order valence-corrected chi connectivity index (χ2v) is 22.6. The van der Waals surface area contributed by atoms with Crippen molar-refractivity contribution in [1.82, 2.24) is 0 Å². The molecule has 6 rings (SSSR count). The van der Waals surface area contributed by atoms with Crippen molar-refractivity contribution in [3.63, 3.8) is 0 Å². The fourth-order valence-corrected chi connectivity index (χ4v) is 13.4. The highest BCUT2D eigenvalue weighted by Gasteiger charge is 2.59. The maximum Gasteiger partial charge on any atom is 0.338 e. The van der Waals surface area contributed by atoms with Gasteiger partial charge in [-0.05, 0) is 58.7 Å². The van der Waals surface area contributed by atoms with Crippen molar-refractivity contribution in [1.29, 1.82) is 0 Å². The summed E-state index contributed by atoms with van der Waals surface area (Å²) in [6.07, 6.45) is -16.1. The van der Waals surface area contributed by atoms with Crippen LogP contribution in [0, 0.1) is 6.92 Å². The highest BCUT2D eigenvalue weighted by molar-refractivity contribution is 6.99. The van der Waals surface area contributed by atoms with Crippen LogP contribution in [0.5, 0.6) is 11.5 Å². The molecule has 2 aliphatic rings. The average Bonchev–Trinajstić information content (AvgIpc) is 3.32. The van der Waals surface area contributed by atoms with E-state index in [0.29, 0.717) is 5.75 Å². The van der Waals surface area contributed by atoms with Crippen molar-refractivity contribution in [2.45, 2.75) is 129 Å². The Morgan fingerprint density at radius 3 is 1.47 bits per heavy atom. The molecule has 2 saturated heterocycles. The summed E-state index contributed by atoms with van der Waals surface area (Å²) in [6, 6.07) is 32.6. The fraction of sp³-hybridized carbons (Fsp3) is 0.434. The second-order valence-electron chi connectivity index (χ2n) is 18.3. The SMILES string of the molecule is COc1ccc(O[C@@H]2O[C@H](CO[Si](c3ccccc3)(c3ccccc3)C(C)(C)C)[C@H](OC(=O)c3ccc(C)cc3)[C@H](O[C@@H]3O[C@H](COC(C)=O)[C@H](OC(C)=O)[C@H](OC(C)=O)[C@H]3OC(C)=O)[C@H]2OC(C)=O)cc1. The molecule has 0 aliphatic carbocycles. The van der Waals surface area contributed by atoms with Gasteiger partial charge in [0.05, 0.1) is 19.3 Å². The molecule has 4 aromatic rings. The first kappa shape index (κ1) is 54.7. The van der Waals surface area contributed by atoms with Crippen LogP contribution in [-0.2, 0) is 71.0 Å². The standard InChI is InChI=1S/C53H62O18Si/c1-31-21-23-37(24-22-31)50(59)70-45-43(30-62-72(53(7,8)9,40-17-13-11-14-18-40)41-19-15-12-16-20-41)69-51(67-39-27-25-38(60-10)26-28-39)49(66-36(6)58)47(45)71-52-48(65-35(5)57)46(64-34(4)56)44(63-33(3)55)42(68-52)29-61-32(2)54/h11-28,42-49,51-52H,29-30H2,1-10H3/t42-,43-,44+,45+,46+,47+,48-,49-,51-,52+/m1/s1. The highest BCUT2D eigenvalue weighted by Crippen LogP contribution is 2.40. The van der Waals surface area contributed by atoms with Gasteiger partial charge in [-0.1, -0.05) is 99.1 Å². The van der Waals surface area contributed by atoms with Crippen LogP contribution in [0.4, 0.5) is 0 Å². The van der Waals surface area contributed by atoms with Gasteiger partial charge in [0.1, 0.15) is 36.4 Å². The number of hydrogen-bond acceptors (Lipinski definition) is 18. The first-order valence-electron chi connectivity index (χ1n) is 23.3. The minimum Gasteiger partial charge on any atom is -0.497 e. The van der Waals surface area contributed by atoms with Crippen LogP contribution in [0.3, 0.4) is 0 Å². The number of ether oxygens (including phenoxy) is 11. The zero-order valence-electron chi connectivity index (χ0n) is 41.9. The van der Waals surface area contributed by atoms with Gasteiger partial charge in [-0.3, -0.25) is 24.0 Å². The zero-order valence-corrected chi connectivity index (χ0v) is 42.9. The molecule has 2 aliphatic heterocycles. The molecule has 0 radical (unpaired) electrons. The van der Waals surface area contributed by atoms with Crippen LogP contribution >= 0.6 is 0 Å². The van der Waals surface area contributed by atoms with Crippen LogP contribution in [0.2, 0.25) is 5.04 Å². The molecule has 2 fully saturated rings. The fourth-order valence-electron chi connectivity index (χ4n) is 8.81. The summed E-state index contributed by atoms with van der Waals surface area (Å²) in [5.74, 6) is -4.33. The van der Waals surface area contributed by atoms with Crippen molar-refractivity contribution in [3.8, 4) is 11.5 Å². The molecule has 0 aromatic heterocycles. The molecular formula is C53H62O18Si. The van der Waals surface area contributed by atoms with Gasteiger partial charge in [-0.2, -0.15) is 0 Å². The van der Waals surface area contributed by atoms with Gasteiger partial charge in [-0.25, -0.2) is 4.79 Å². The summed E-state index contributed by atoms with van der Waals surface area (Å²) in [7, 11) is -1.90. The molecule has 0 amide bonds. The van der Waals surface area contributed by atoms with Crippen LogP contribution in [0.25, 0.3) is 0 Å². The first-order valence-corrected chi connectivity index (χ1v) is 25.2. The van der Waals surface area contributed by atoms with Gasteiger partial charge in [0, 0.05) is 34.6 Å². The largest absolute Gasteiger partial charge is 0.497 e. The number of benzene rings is 4. The molecule has 0 N–H and O–H groups in total. The summed E-state index contributed by atoms with van der Waals surface area (Å²) >= 11 is 0. The van der Waals surface area contributed by atoms with Crippen molar-refractivity contribution in [3.05, 3.63) is 120 Å². The number of esters is 6. The number of rotatable bonds is 18. The number of methoxy groups -OCH3 is 1. The maximum atomic E-state index is 14.5. The Balaban J connectivity index is 1.57. The Hall–Kier alpha value is -6.64. The zero-order chi connectivity index (χ0) is 52.3. The molecule has 4 aromatic carbocycles. The lowest BCUT2D eigenvalue weighted by Gasteiger charge is -2.49. The molecule has 0 saturated carbocycles. The number of carbonyl (C=O) groups is 6. The van der Waals surface area contributed by atoms with E-state index in [4.69, 9.17) is 56.5 Å². The van der Waals surface area contributed by atoms with E-state index >= 15 is 0 Å². The third-order valence-corrected chi connectivity index (χ3v) is 16.9. The Morgan fingerprint density at radius 2 is 0.972 bits per heavy atom. The quantitative estimate of drug-likeness (QED) is 0.0702. The van der Waals surface area contributed by atoms with Crippen molar-refractivity contribution in [2.75, 3.05) is 20.3 Å². The third kappa shape index (κ3) is 13.4. The van der Waals surface area contributed by atoms with Gasteiger partial charge in [0.25, 0.3) is 8.32 Å². The molecule has 19 heteroatoms. The predicted octanol–water partition coefficient (Wildman–Crippen LogP) is 5.31. The van der Waals surface area contributed by atoms with E-state index < -0.39 is 117 Å². The monoisotopic (exact) mass is 1010 g/mol. The van der Waals surface area contributed by atoms with E-state index in [1.807, 2.05) is 67.6 Å². The molecule has 72 heavy (non-hydrogen) atoms. The molecule has 0 spiro atoms. The molecule has 0 unspecified atom stereocenters. The van der Waals surface area contributed by atoms with E-state index in [9.17, 15) is 28.8 Å². The maximum absolute atomic E-state index is 14.5. The first-order chi connectivity index (χ1) is 34.2. The van der Waals surface area contributed by atoms with E-state index in [1.54, 1.807) is 48.5 Å². The molecule has 2 heterocycles. The molecule has 18 nitrogen and oxygen atoms in total. The van der Waals surface area contributed by atoms with Crippen LogP contribution in [-0.4, -0.2) is 126 Å². The van der Waals surface area contributed by atoms with Gasteiger partial charge < -0.3 is 56.5 Å². The van der Waals surface area contributed by atoms with E-state index in [1.165, 1.54) is 7.11 Å². The minimum absolute atomic E-state index is 0.138. The summed E-state index contributed by atoms with van der Waals surface area (Å²) in [5, 5.41) is 1.28. The lowest BCUT2D eigenvalue weighted by molar-refractivity contribution is -0.353. The number of hydrogen-bond donors (Lipinski definition) is 0. The smallest absolute Gasteiger partial charge is 0.338 e. The lowest BCUT2D eigenvalue weighted by Crippen LogP contribution is -2.70. The normalized spacial score (nSPS) is 24.1. The summed E-state index contributed by atoms with van der Waals surface area (Å²) in [6.45, 7) is 12.7. The van der Waals surface area contributed by atoms with E-state index in [0.717, 1.165) is 50.6 Å². The summed E-state index contributed by atoms with van der Waals surface area (Å²) in [4.78, 5) is 78.5. The summed E-state index contributed by atoms with van der Waals surface area (Å²) in [5.41, 5.74) is 1.00. The predicted molar refractivity (Wildman–Crippen MR) is 259 cm³/mol. The van der Waals surface area contributed by atoms with E-state index in [2.05, 4.69) is 20.8 Å². The second kappa shape index (κ2) is 24.2. The Kier molecular flexibility index (Phi) is 18.4. The Bertz CT molecular complexity index is 2440. The van der Waals surface area contributed by atoms with Gasteiger partial charge >= 0.3 is 35.8 Å². The van der Waals surface area contributed by atoms with Gasteiger partial charge in [0.2, 0.25) is 6.29 Å². The molecule has 10 atom stereocenters. The topological polar surface area (TPSA) is 213 Å². The lowest BCUT2D eigenvalue weighted by atomic mass is 9.96. The van der Waals surface area contributed by atoms with Crippen molar-refractivity contribution >= 4 is 54.5 Å². The average molecular weight is 1020 g/mol. The third-order valence-electron chi connectivity index (χ3n) is 11.9. The number of carbonyl (C=O) groups excluding carboxylic acids is 6. The van der Waals surface area contributed by atoms with Crippen LogP contribution in [0.1, 0.15) is 71.3 Å². The van der Waals surface area contributed by atoms with Crippen LogP contribution in [0.15, 0.2) is 109 Å². The molecule has 0 bridgehead atoms. The van der Waals surface area contributed by atoms with E-state index in [-0.39, 0.29) is 17.9 Å². The molecular weight excluding hydrogens is 953 g/mol. The van der Waals surface area contributed by atoms with Crippen molar-refractivity contribution < 1.29 is 85.3 Å². The molecule has 386 valence electrons.